The van der Waals surface area contributed by atoms with Crippen LogP contribution in [0.1, 0.15) is 27.2 Å². The van der Waals surface area contributed by atoms with Gasteiger partial charge in [-0.05, 0) is 47.5 Å². The van der Waals surface area contributed by atoms with Crippen LogP contribution >= 0.6 is 0 Å². The van der Waals surface area contributed by atoms with Crippen molar-refractivity contribution in [2.75, 3.05) is 21.3 Å². The van der Waals surface area contributed by atoms with Crippen molar-refractivity contribution in [3.8, 4) is 28.5 Å². The SMILES string of the molecule is COc1ccc2c(c1)Cc1c-2n[nH]c1C(=O)N/N=C/c1ccc(OC)c(OC)c1. The molecule has 8 nitrogen and oxygen atoms in total. The highest BCUT2D eigenvalue weighted by Crippen LogP contribution is 2.38. The van der Waals surface area contributed by atoms with Gasteiger partial charge in [-0.25, -0.2) is 5.43 Å². The molecule has 0 unspecified atom stereocenters. The number of benzene rings is 2. The van der Waals surface area contributed by atoms with Crippen LogP contribution in [0.5, 0.6) is 17.2 Å². The number of carbonyl (C=O) groups excluding carboxylic acids is 1. The Hall–Kier alpha value is -3.81. The Labute approximate surface area is 167 Å². The van der Waals surface area contributed by atoms with E-state index in [1.54, 1.807) is 33.5 Å². The van der Waals surface area contributed by atoms with Gasteiger partial charge < -0.3 is 14.2 Å². The Balaban J connectivity index is 1.49. The molecule has 0 atom stereocenters. The summed E-state index contributed by atoms with van der Waals surface area (Å²) >= 11 is 0. The summed E-state index contributed by atoms with van der Waals surface area (Å²) in [6.45, 7) is 0. The monoisotopic (exact) mass is 392 g/mol. The number of rotatable bonds is 6. The lowest BCUT2D eigenvalue weighted by Crippen LogP contribution is -2.19. The van der Waals surface area contributed by atoms with Gasteiger partial charge in [0.2, 0.25) is 0 Å². The molecule has 0 fully saturated rings. The number of fused-ring (bicyclic) bond motifs is 3. The molecule has 0 radical (unpaired) electrons. The molecule has 29 heavy (non-hydrogen) atoms. The summed E-state index contributed by atoms with van der Waals surface area (Å²) in [5.41, 5.74) is 7.43. The van der Waals surface area contributed by atoms with Gasteiger partial charge in [0.1, 0.15) is 11.4 Å². The van der Waals surface area contributed by atoms with E-state index in [4.69, 9.17) is 14.2 Å². The average Bonchev–Trinajstić information content (AvgIpc) is 3.32. The molecule has 2 N–H and O–H groups in total. The fourth-order valence-corrected chi connectivity index (χ4v) is 3.37. The smallest absolute Gasteiger partial charge is 0.289 e. The van der Waals surface area contributed by atoms with Crippen molar-refractivity contribution >= 4 is 12.1 Å². The normalized spacial score (nSPS) is 11.8. The van der Waals surface area contributed by atoms with E-state index in [2.05, 4.69) is 20.7 Å². The van der Waals surface area contributed by atoms with Gasteiger partial charge in [0.15, 0.2) is 11.5 Å². The van der Waals surface area contributed by atoms with Crippen LogP contribution in [0, 0.1) is 0 Å². The molecule has 8 heteroatoms. The largest absolute Gasteiger partial charge is 0.497 e. The highest BCUT2D eigenvalue weighted by molar-refractivity contribution is 5.97. The number of ether oxygens (including phenoxy) is 3. The molecule has 0 aliphatic heterocycles. The van der Waals surface area contributed by atoms with Crippen molar-refractivity contribution in [1.82, 2.24) is 15.6 Å². The van der Waals surface area contributed by atoms with Crippen LogP contribution < -0.4 is 19.6 Å². The molecule has 0 saturated heterocycles. The van der Waals surface area contributed by atoms with Crippen LogP contribution in [-0.2, 0) is 6.42 Å². The number of carbonyl (C=O) groups is 1. The molecule has 1 amide bonds. The third-order valence-corrected chi connectivity index (χ3v) is 4.82. The minimum absolute atomic E-state index is 0.352. The quantitative estimate of drug-likeness (QED) is 0.388. The molecule has 0 bridgehead atoms. The zero-order valence-electron chi connectivity index (χ0n) is 16.3. The minimum atomic E-state index is -0.352. The standard InChI is InChI=1S/C21H20N4O4/c1-27-14-5-6-15-13(9-14)10-16-19(15)23-24-20(16)21(26)25-22-11-12-4-7-17(28-2)18(8-12)29-3/h4-9,11H,10H2,1-3H3,(H,23,24)(H,25,26)/b22-11+. The number of nitrogens with zero attached hydrogens (tertiary/aromatic N) is 2. The molecule has 4 rings (SSSR count). The summed E-state index contributed by atoms with van der Waals surface area (Å²) < 4.78 is 15.7. The topological polar surface area (TPSA) is 97.8 Å². The summed E-state index contributed by atoms with van der Waals surface area (Å²) in [6.07, 6.45) is 2.15. The number of hydrazone groups is 1. The van der Waals surface area contributed by atoms with Crippen LogP contribution in [-0.4, -0.2) is 43.6 Å². The first-order valence-electron chi connectivity index (χ1n) is 8.94. The molecule has 1 aromatic heterocycles. The fraction of sp³-hybridized carbons (Fsp3) is 0.190. The molecule has 1 aliphatic rings. The van der Waals surface area contributed by atoms with E-state index in [1.165, 1.54) is 6.21 Å². The maximum atomic E-state index is 12.6. The van der Waals surface area contributed by atoms with Crippen LogP contribution in [0.15, 0.2) is 41.5 Å². The predicted molar refractivity (Wildman–Crippen MR) is 108 cm³/mol. The highest BCUT2D eigenvalue weighted by Gasteiger charge is 2.27. The Morgan fingerprint density at radius 1 is 1.10 bits per heavy atom. The molecular formula is C21H20N4O4. The Morgan fingerprint density at radius 3 is 2.69 bits per heavy atom. The van der Waals surface area contributed by atoms with E-state index in [0.29, 0.717) is 23.6 Å². The second kappa shape index (κ2) is 7.67. The lowest BCUT2D eigenvalue weighted by molar-refractivity contribution is 0.0949. The van der Waals surface area contributed by atoms with Crippen molar-refractivity contribution in [1.29, 1.82) is 0 Å². The van der Waals surface area contributed by atoms with Crippen molar-refractivity contribution in [2.45, 2.75) is 6.42 Å². The van der Waals surface area contributed by atoms with Crippen molar-refractivity contribution < 1.29 is 19.0 Å². The highest BCUT2D eigenvalue weighted by atomic mass is 16.5. The molecule has 148 valence electrons. The predicted octanol–water partition coefficient (Wildman–Crippen LogP) is 2.77. The number of H-pyrrole nitrogens is 1. The third-order valence-electron chi connectivity index (χ3n) is 4.82. The van der Waals surface area contributed by atoms with Crippen molar-refractivity contribution in [3.63, 3.8) is 0 Å². The second-order valence-electron chi connectivity index (χ2n) is 6.44. The summed E-state index contributed by atoms with van der Waals surface area (Å²) in [4.78, 5) is 12.6. The second-order valence-corrected chi connectivity index (χ2v) is 6.44. The zero-order chi connectivity index (χ0) is 20.4. The van der Waals surface area contributed by atoms with Gasteiger partial charge in [-0.15, -0.1) is 0 Å². The summed E-state index contributed by atoms with van der Waals surface area (Å²) in [5, 5.41) is 11.2. The first-order valence-corrected chi connectivity index (χ1v) is 8.94. The number of nitrogens with one attached hydrogen (secondary N) is 2. The van der Waals surface area contributed by atoms with Gasteiger partial charge >= 0.3 is 0 Å². The van der Waals surface area contributed by atoms with E-state index >= 15 is 0 Å². The third kappa shape index (κ3) is 3.40. The van der Waals surface area contributed by atoms with E-state index in [1.807, 2.05) is 24.3 Å². The number of hydrogen-bond acceptors (Lipinski definition) is 6. The molecular weight excluding hydrogens is 372 g/mol. The van der Waals surface area contributed by atoms with Gasteiger partial charge in [-0.3, -0.25) is 9.89 Å². The zero-order valence-corrected chi connectivity index (χ0v) is 16.3. The number of aromatic amines is 1. The lowest BCUT2D eigenvalue weighted by atomic mass is 10.1. The molecule has 0 saturated carbocycles. The van der Waals surface area contributed by atoms with Gasteiger partial charge in [-0.1, -0.05) is 0 Å². The van der Waals surface area contributed by atoms with Crippen LogP contribution in [0.2, 0.25) is 0 Å². The van der Waals surface area contributed by atoms with Crippen molar-refractivity contribution in [3.05, 3.63) is 58.8 Å². The summed E-state index contributed by atoms with van der Waals surface area (Å²) in [5.74, 6) is 1.64. The molecule has 0 spiro atoms. The number of methoxy groups -OCH3 is 3. The Kier molecular flexibility index (Phi) is 4.90. The van der Waals surface area contributed by atoms with Gasteiger partial charge in [-0.2, -0.15) is 10.2 Å². The van der Waals surface area contributed by atoms with E-state index in [-0.39, 0.29) is 5.91 Å². The van der Waals surface area contributed by atoms with Crippen LogP contribution in [0.4, 0.5) is 0 Å². The summed E-state index contributed by atoms with van der Waals surface area (Å²) in [7, 11) is 4.77. The molecule has 2 aromatic carbocycles. The van der Waals surface area contributed by atoms with Gasteiger partial charge in [0.05, 0.1) is 33.2 Å². The van der Waals surface area contributed by atoms with E-state index < -0.39 is 0 Å². The first kappa shape index (κ1) is 18.5. The average molecular weight is 392 g/mol. The minimum Gasteiger partial charge on any atom is -0.497 e. The molecule has 3 aromatic rings. The van der Waals surface area contributed by atoms with Crippen LogP contribution in [0.25, 0.3) is 11.3 Å². The van der Waals surface area contributed by atoms with Crippen LogP contribution in [0.3, 0.4) is 0 Å². The van der Waals surface area contributed by atoms with E-state index in [9.17, 15) is 4.79 Å². The number of hydrogen-bond donors (Lipinski definition) is 2. The fourth-order valence-electron chi connectivity index (χ4n) is 3.37. The van der Waals surface area contributed by atoms with Crippen molar-refractivity contribution in [2.24, 2.45) is 5.10 Å². The molecule has 1 heterocycles. The van der Waals surface area contributed by atoms with Gasteiger partial charge in [0.25, 0.3) is 5.91 Å². The Bertz CT molecular complexity index is 1100. The molecule has 1 aliphatic carbocycles. The summed E-state index contributed by atoms with van der Waals surface area (Å²) in [6, 6.07) is 11.2. The number of aromatic nitrogens is 2. The maximum Gasteiger partial charge on any atom is 0.289 e. The maximum absolute atomic E-state index is 12.6. The first-order chi connectivity index (χ1) is 14.1. The lowest BCUT2D eigenvalue weighted by Gasteiger charge is -2.07. The van der Waals surface area contributed by atoms with Gasteiger partial charge in [0, 0.05) is 17.5 Å². The van der Waals surface area contributed by atoms with E-state index in [0.717, 1.165) is 33.7 Å². The Morgan fingerprint density at radius 2 is 1.93 bits per heavy atom. The number of amides is 1.